The zero-order valence-corrected chi connectivity index (χ0v) is 14.6. The molecule has 6 bridgehead atoms. The van der Waals surface area contributed by atoms with Crippen molar-refractivity contribution >= 4 is 11.8 Å². The van der Waals surface area contributed by atoms with E-state index in [1.165, 1.54) is 24.2 Å². The van der Waals surface area contributed by atoms with E-state index in [0.29, 0.717) is 0 Å². The molecule has 3 heterocycles. The second-order valence-electron chi connectivity index (χ2n) is 8.93. The predicted octanol–water partition coefficient (Wildman–Crippen LogP) is 3.32. The maximum absolute atomic E-state index is 4.05. The number of rotatable bonds is 3. The van der Waals surface area contributed by atoms with Crippen LogP contribution in [0.15, 0.2) is 42.5 Å². The van der Waals surface area contributed by atoms with Crippen LogP contribution in [0.4, 0.5) is 0 Å². The number of fused-ring (bicyclic) bond motifs is 1. The van der Waals surface area contributed by atoms with Crippen LogP contribution in [0.2, 0.25) is 0 Å². The molecule has 124 valence electrons. The molecular formula is C21H24N2S. The van der Waals surface area contributed by atoms with Gasteiger partial charge in [0.25, 0.3) is 0 Å². The minimum atomic E-state index is 0.780. The van der Waals surface area contributed by atoms with Crippen molar-refractivity contribution in [2.75, 3.05) is 0 Å². The Kier molecular flexibility index (Phi) is 2.51. The Morgan fingerprint density at radius 1 is 1.04 bits per heavy atom. The number of benzene rings is 1. The highest BCUT2D eigenvalue weighted by atomic mass is 32.2. The molecule has 11 atom stereocenters. The molecule has 24 heavy (non-hydrogen) atoms. The molecule has 3 heteroatoms. The molecule has 0 spiro atoms. The van der Waals surface area contributed by atoms with Crippen molar-refractivity contribution in [2.24, 2.45) is 35.5 Å². The Morgan fingerprint density at radius 2 is 1.96 bits per heavy atom. The van der Waals surface area contributed by atoms with Crippen LogP contribution in [0.1, 0.15) is 18.4 Å². The van der Waals surface area contributed by atoms with Gasteiger partial charge in [-0.25, -0.2) is 5.01 Å². The van der Waals surface area contributed by atoms with Crippen LogP contribution in [0.5, 0.6) is 0 Å². The lowest BCUT2D eigenvalue weighted by molar-refractivity contribution is -0.0779. The third-order valence-electron chi connectivity index (χ3n) is 8.33. The van der Waals surface area contributed by atoms with E-state index in [-0.39, 0.29) is 0 Å². The van der Waals surface area contributed by atoms with E-state index >= 15 is 0 Å². The first kappa shape index (κ1) is 13.4. The number of hydrogen-bond acceptors (Lipinski definition) is 3. The van der Waals surface area contributed by atoms with Crippen molar-refractivity contribution in [3.8, 4) is 0 Å². The number of nitrogens with zero attached hydrogens (tertiary/aromatic N) is 1. The summed E-state index contributed by atoms with van der Waals surface area (Å²) in [5.41, 5.74) is 5.54. The maximum atomic E-state index is 4.05. The molecular weight excluding hydrogens is 312 g/mol. The van der Waals surface area contributed by atoms with Crippen LogP contribution < -0.4 is 5.43 Å². The summed E-state index contributed by atoms with van der Waals surface area (Å²) in [6, 6.07) is 13.5. The number of allylic oxidation sites excluding steroid dienone is 1. The quantitative estimate of drug-likeness (QED) is 0.853. The average molecular weight is 337 g/mol. The first-order valence-electron chi connectivity index (χ1n) is 9.78. The summed E-state index contributed by atoms with van der Waals surface area (Å²) in [5.74, 6) is 6.93. The molecule has 1 aromatic carbocycles. The smallest absolute Gasteiger partial charge is 0.0400 e. The van der Waals surface area contributed by atoms with Gasteiger partial charge in [0, 0.05) is 29.1 Å². The summed E-state index contributed by atoms with van der Waals surface area (Å²) >= 11 is 2.27. The van der Waals surface area contributed by atoms with E-state index in [1.807, 2.05) is 0 Å². The van der Waals surface area contributed by atoms with Gasteiger partial charge in [-0.15, -0.1) is 0 Å². The Balaban J connectivity index is 1.23. The van der Waals surface area contributed by atoms with Crippen molar-refractivity contribution in [3.63, 3.8) is 0 Å². The molecule has 3 saturated carbocycles. The van der Waals surface area contributed by atoms with Crippen LogP contribution in [0.3, 0.4) is 0 Å². The van der Waals surface area contributed by atoms with Crippen molar-refractivity contribution in [1.82, 2.24) is 10.4 Å². The molecule has 3 saturated heterocycles. The lowest BCUT2D eigenvalue weighted by atomic mass is 9.60. The van der Waals surface area contributed by atoms with E-state index in [9.17, 15) is 0 Å². The van der Waals surface area contributed by atoms with Crippen molar-refractivity contribution < 1.29 is 0 Å². The molecule has 0 amide bonds. The molecule has 1 unspecified atom stereocenters. The number of hydrogen-bond donors (Lipinski definition) is 1. The van der Waals surface area contributed by atoms with Gasteiger partial charge in [0.2, 0.25) is 0 Å². The lowest BCUT2D eigenvalue weighted by Crippen LogP contribution is -2.68. The Hall–Kier alpha value is -0.770. The minimum absolute atomic E-state index is 0.780. The van der Waals surface area contributed by atoms with Crippen molar-refractivity contribution in [2.45, 2.75) is 42.0 Å². The van der Waals surface area contributed by atoms with E-state index in [2.05, 4.69) is 64.7 Å². The minimum Gasteiger partial charge on any atom is -0.251 e. The number of nitrogens with one attached hydrogen (secondary N) is 1. The first-order chi connectivity index (χ1) is 11.9. The van der Waals surface area contributed by atoms with Crippen LogP contribution in [-0.4, -0.2) is 28.4 Å². The monoisotopic (exact) mass is 336 g/mol. The van der Waals surface area contributed by atoms with Gasteiger partial charge in [0.1, 0.15) is 0 Å². The molecule has 0 radical (unpaired) electrons. The Labute approximate surface area is 148 Å². The van der Waals surface area contributed by atoms with Crippen molar-refractivity contribution in [3.05, 3.63) is 48.0 Å². The van der Waals surface area contributed by atoms with Gasteiger partial charge >= 0.3 is 0 Å². The summed E-state index contributed by atoms with van der Waals surface area (Å²) in [4.78, 5) is 0. The van der Waals surface area contributed by atoms with Gasteiger partial charge in [-0.2, -0.15) is 11.8 Å². The van der Waals surface area contributed by atoms with Gasteiger partial charge in [0.05, 0.1) is 0 Å². The molecule has 3 aliphatic heterocycles. The van der Waals surface area contributed by atoms with Crippen LogP contribution in [0.25, 0.3) is 0 Å². The molecule has 2 nitrogen and oxygen atoms in total. The molecule has 6 fully saturated rings. The maximum Gasteiger partial charge on any atom is 0.0400 e. The summed E-state index contributed by atoms with van der Waals surface area (Å²) in [7, 11) is 0. The predicted molar refractivity (Wildman–Crippen MR) is 97.2 cm³/mol. The summed E-state index contributed by atoms with van der Waals surface area (Å²) in [5, 5.41) is 3.66. The second-order valence-corrected chi connectivity index (χ2v) is 10.1. The zero-order chi connectivity index (χ0) is 15.4. The largest absolute Gasteiger partial charge is 0.251 e. The van der Waals surface area contributed by atoms with Gasteiger partial charge in [-0.3, -0.25) is 5.43 Å². The van der Waals surface area contributed by atoms with Crippen LogP contribution in [-0.2, 0) is 5.75 Å². The normalized spacial score (nSPS) is 57.2. The van der Waals surface area contributed by atoms with Crippen LogP contribution in [0, 0.1) is 35.5 Å². The molecule has 8 rings (SSSR count). The fourth-order valence-electron chi connectivity index (χ4n) is 7.84. The summed E-state index contributed by atoms with van der Waals surface area (Å²) in [6.45, 7) is 0. The van der Waals surface area contributed by atoms with Crippen molar-refractivity contribution in [1.29, 1.82) is 0 Å². The topological polar surface area (TPSA) is 15.3 Å². The van der Waals surface area contributed by atoms with E-state index < -0.39 is 0 Å². The van der Waals surface area contributed by atoms with Gasteiger partial charge < -0.3 is 0 Å². The van der Waals surface area contributed by atoms with E-state index in [4.69, 9.17) is 0 Å². The fourth-order valence-corrected chi connectivity index (χ4v) is 9.49. The Bertz CT molecular complexity index is 718. The standard InChI is InChI=1S/C21H24N2S/c1-2-5-11(6-3-1)10-24-21-15-9-14-17-16(15)18-12-7-4-8-13(12)19(17)23(22-18)20(14)21/h1-6,8,12-22H,7,9-10H2/t12-,13+,14-,15+,16+,17-,18-,19+,20+,21-/m0/s1. The molecule has 4 aliphatic carbocycles. The highest BCUT2D eigenvalue weighted by Crippen LogP contribution is 2.71. The number of thioether (sulfide) groups is 1. The Morgan fingerprint density at radius 3 is 2.88 bits per heavy atom. The third-order valence-corrected chi connectivity index (χ3v) is 9.84. The summed E-state index contributed by atoms with van der Waals surface area (Å²) in [6.07, 6.45) is 7.92. The first-order valence-corrected chi connectivity index (χ1v) is 10.8. The third kappa shape index (κ3) is 1.42. The van der Waals surface area contributed by atoms with Gasteiger partial charge in [-0.05, 0) is 53.9 Å². The molecule has 7 aliphatic rings. The zero-order valence-electron chi connectivity index (χ0n) is 13.8. The molecule has 1 aromatic rings. The highest BCUT2D eigenvalue weighted by molar-refractivity contribution is 7.99. The number of hydrazine groups is 1. The SMILES string of the molecule is C1=C[C@@H]2[C@H](C1)[C@@H]1NN3[C@@H]4[C@H]5C[C@@H]([C@@H]4SCc4ccccc4)[C@@H]1[C@H]5[C@@H]23. The van der Waals surface area contributed by atoms with E-state index in [1.54, 1.807) is 0 Å². The average Bonchev–Trinajstić information content (AvgIpc) is 3.33. The highest BCUT2D eigenvalue weighted by Gasteiger charge is 2.76. The summed E-state index contributed by atoms with van der Waals surface area (Å²) < 4.78 is 0. The van der Waals surface area contributed by atoms with Crippen LogP contribution >= 0.6 is 11.8 Å². The lowest BCUT2D eigenvalue weighted by Gasteiger charge is -2.55. The molecule has 1 N–H and O–H groups in total. The van der Waals surface area contributed by atoms with Gasteiger partial charge in [-0.1, -0.05) is 42.5 Å². The molecule has 0 aromatic heterocycles. The van der Waals surface area contributed by atoms with Gasteiger partial charge in [0.15, 0.2) is 0 Å². The van der Waals surface area contributed by atoms with E-state index in [0.717, 1.165) is 58.9 Å². The second kappa shape index (κ2) is 4.49. The fraction of sp³-hybridized carbons (Fsp3) is 0.619.